The summed E-state index contributed by atoms with van der Waals surface area (Å²) >= 11 is 0. The lowest BCUT2D eigenvalue weighted by atomic mass is 9.57. The first-order valence-corrected chi connectivity index (χ1v) is 7.25. The van der Waals surface area contributed by atoms with Crippen LogP contribution in [0, 0.1) is 17.3 Å². The fourth-order valence-electron chi connectivity index (χ4n) is 3.74. The Bertz CT molecular complexity index is 339. The molecule has 3 atom stereocenters. The van der Waals surface area contributed by atoms with Gasteiger partial charge in [0.15, 0.2) is 0 Å². The zero-order valence-corrected chi connectivity index (χ0v) is 11.4. The van der Waals surface area contributed by atoms with Crippen LogP contribution >= 0.6 is 0 Å². The van der Waals surface area contributed by atoms with E-state index in [1.165, 1.54) is 19.3 Å². The molecule has 3 rings (SSSR count). The molecule has 0 aromatic carbocycles. The van der Waals surface area contributed by atoms with Crippen LogP contribution in [0.4, 0.5) is 4.79 Å². The Morgan fingerprint density at radius 3 is 2.78 bits per heavy atom. The molecule has 3 unspecified atom stereocenters. The van der Waals surface area contributed by atoms with Crippen LogP contribution in [0.1, 0.15) is 39.5 Å². The van der Waals surface area contributed by atoms with Crippen molar-refractivity contribution >= 4 is 6.03 Å². The van der Waals surface area contributed by atoms with Crippen molar-refractivity contribution in [1.29, 1.82) is 0 Å². The third-order valence-corrected chi connectivity index (χ3v) is 5.16. The van der Waals surface area contributed by atoms with Crippen LogP contribution < -0.4 is 10.6 Å². The SMILES string of the molecule is CC1(C)C(NC(=O)NCC2CCC2)C2CCOC21. The van der Waals surface area contributed by atoms with Crippen molar-refractivity contribution < 1.29 is 9.53 Å². The van der Waals surface area contributed by atoms with E-state index in [1.54, 1.807) is 0 Å². The zero-order chi connectivity index (χ0) is 12.8. The van der Waals surface area contributed by atoms with Crippen molar-refractivity contribution in [3.63, 3.8) is 0 Å². The van der Waals surface area contributed by atoms with E-state index in [-0.39, 0.29) is 17.5 Å². The third kappa shape index (κ3) is 1.91. The van der Waals surface area contributed by atoms with Gasteiger partial charge >= 0.3 is 6.03 Å². The van der Waals surface area contributed by atoms with Crippen LogP contribution in [0.2, 0.25) is 0 Å². The topological polar surface area (TPSA) is 50.4 Å². The molecule has 2 saturated carbocycles. The maximum atomic E-state index is 11.9. The summed E-state index contributed by atoms with van der Waals surface area (Å²) in [4.78, 5) is 11.9. The maximum absolute atomic E-state index is 11.9. The van der Waals surface area contributed by atoms with Gasteiger partial charge in [-0.25, -0.2) is 4.79 Å². The summed E-state index contributed by atoms with van der Waals surface area (Å²) in [5, 5.41) is 6.16. The highest BCUT2D eigenvalue weighted by Gasteiger charge is 2.59. The van der Waals surface area contributed by atoms with Gasteiger partial charge in [0.25, 0.3) is 0 Å². The monoisotopic (exact) mass is 252 g/mol. The summed E-state index contributed by atoms with van der Waals surface area (Å²) in [6.45, 7) is 6.07. The number of urea groups is 1. The number of rotatable bonds is 3. The lowest BCUT2D eigenvalue weighted by Gasteiger charge is -2.54. The first-order chi connectivity index (χ1) is 8.59. The molecule has 18 heavy (non-hydrogen) atoms. The van der Waals surface area contributed by atoms with Crippen LogP contribution in [0.25, 0.3) is 0 Å². The predicted octanol–water partition coefficient (Wildman–Crippen LogP) is 1.90. The molecule has 3 fully saturated rings. The van der Waals surface area contributed by atoms with E-state index in [9.17, 15) is 4.79 Å². The fraction of sp³-hybridized carbons (Fsp3) is 0.929. The third-order valence-electron chi connectivity index (χ3n) is 5.16. The van der Waals surface area contributed by atoms with Crippen molar-refractivity contribution in [3.05, 3.63) is 0 Å². The molecule has 1 saturated heterocycles. The number of amides is 2. The van der Waals surface area contributed by atoms with Gasteiger partial charge in [-0.3, -0.25) is 0 Å². The minimum Gasteiger partial charge on any atom is -0.377 e. The number of nitrogens with one attached hydrogen (secondary N) is 2. The molecular weight excluding hydrogens is 228 g/mol. The van der Waals surface area contributed by atoms with E-state index in [2.05, 4.69) is 24.5 Å². The Morgan fingerprint density at radius 2 is 2.11 bits per heavy atom. The molecule has 0 aromatic heterocycles. The summed E-state index contributed by atoms with van der Waals surface area (Å²) in [6, 6.07) is 0.275. The highest BCUT2D eigenvalue weighted by atomic mass is 16.5. The van der Waals surface area contributed by atoms with Gasteiger partial charge in [0.05, 0.1) is 6.10 Å². The predicted molar refractivity (Wildman–Crippen MR) is 69.3 cm³/mol. The van der Waals surface area contributed by atoms with E-state index in [4.69, 9.17) is 4.74 Å². The molecule has 0 spiro atoms. The molecule has 0 radical (unpaired) electrons. The molecule has 2 amide bonds. The molecule has 1 aliphatic heterocycles. The lowest BCUT2D eigenvalue weighted by molar-refractivity contribution is -0.108. The Morgan fingerprint density at radius 1 is 1.33 bits per heavy atom. The quantitative estimate of drug-likeness (QED) is 0.806. The van der Waals surface area contributed by atoms with Crippen molar-refractivity contribution in [2.45, 2.75) is 51.7 Å². The van der Waals surface area contributed by atoms with Gasteiger partial charge in [-0.05, 0) is 25.2 Å². The highest BCUT2D eigenvalue weighted by molar-refractivity contribution is 5.74. The van der Waals surface area contributed by atoms with Gasteiger partial charge in [0, 0.05) is 30.5 Å². The van der Waals surface area contributed by atoms with Gasteiger partial charge < -0.3 is 15.4 Å². The fourth-order valence-corrected chi connectivity index (χ4v) is 3.74. The Kier molecular flexibility index (Phi) is 3.00. The smallest absolute Gasteiger partial charge is 0.315 e. The van der Waals surface area contributed by atoms with Gasteiger partial charge in [-0.15, -0.1) is 0 Å². The summed E-state index contributed by atoms with van der Waals surface area (Å²) in [5.41, 5.74) is 0.0783. The van der Waals surface area contributed by atoms with Crippen molar-refractivity contribution in [1.82, 2.24) is 10.6 Å². The minimum atomic E-state index is 0.00493. The Hall–Kier alpha value is -0.770. The summed E-state index contributed by atoms with van der Waals surface area (Å²) in [5.74, 6) is 1.24. The molecule has 0 aromatic rings. The first-order valence-electron chi connectivity index (χ1n) is 7.25. The summed E-state index contributed by atoms with van der Waals surface area (Å²) in [7, 11) is 0. The van der Waals surface area contributed by atoms with E-state index < -0.39 is 0 Å². The number of carbonyl (C=O) groups is 1. The van der Waals surface area contributed by atoms with Crippen LogP contribution in [-0.2, 0) is 4.74 Å². The summed E-state index contributed by atoms with van der Waals surface area (Å²) in [6.07, 6.45) is 5.29. The molecule has 0 bridgehead atoms. The zero-order valence-electron chi connectivity index (χ0n) is 11.4. The molecule has 4 nitrogen and oxygen atoms in total. The van der Waals surface area contributed by atoms with E-state index in [1.807, 2.05) is 0 Å². The van der Waals surface area contributed by atoms with Gasteiger partial charge in [-0.1, -0.05) is 20.3 Å². The summed E-state index contributed by atoms with van der Waals surface area (Å²) < 4.78 is 5.73. The second kappa shape index (κ2) is 4.41. The van der Waals surface area contributed by atoms with E-state index >= 15 is 0 Å². The van der Waals surface area contributed by atoms with Crippen molar-refractivity contribution in [2.24, 2.45) is 17.3 Å². The Balaban J connectivity index is 1.48. The van der Waals surface area contributed by atoms with Crippen LogP contribution in [0.5, 0.6) is 0 Å². The molecule has 2 N–H and O–H groups in total. The standard InChI is InChI=1S/C14H24N2O2/c1-14(2)11(10-6-7-18-12(10)14)16-13(17)15-8-9-4-3-5-9/h9-12H,3-8H2,1-2H3,(H2,15,16,17). The molecule has 102 valence electrons. The largest absolute Gasteiger partial charge is 0.377 e. The average Bonchev–Trinajstić information content (AvgIpc) is 2.70. The van der Waals surface area contributed by atoms with Gasteiger partial charge in [-0.2, -0.15) is 0 Å². The minimum absolute atomic E-state index is 0.00493. The van der Waals surface area contributed by atoms with E-state index in [0.29, 0.717) is 17.9 Å². The normalized spacial score (nSPS) is 37.3. The van der Waals surface area contributed by atoms with E-state index in [0.717, 1.165) is 19.6 Å². The highest BCUT2D eigenvalue weighted by Crippen LogP contribution is 2.52. The van der Waals surface area contributed by atoms with Crippen molar-refractivity contribution in [3.8, 4) is 0 Å². The molecule has 3 aliphatic rings. The lowest BCUT2D eigenvalue weighted by Crippen LogP contribution is -2.67. The molecular formula is C14H24N2O2. The molecule has 2 aliphatic carbocycles. The second-order valence-corrected chi connectivity index (χ2v) is 6.69. The van der Waals surface area contributed by atoms with Crippen molar-refractivity contribution in [2.75, 3.05) is 13.2 Å². The second-order valence-electron chi connectivity index (χ2n) is 6.69. The Labute approximate surface area is 109 Å². The maximum Gasteiger partial charge on any atom is 0.315 e. The number of ether oxygens (including phenoxy) is 1. The van der Waals surface area contributed by atoms with Gasteiger partial charge in [0.2, 0.25) is 0 Å². The van der Waals surface area contributed by atoms with Crippen LogP contribution in [0.15, 0.2) is 0 Å². The number of carbonyl (C=O) groups excluding carboxylic acids is 1. The average molecular weight is 252 g/mol. The number of hydrogen-bond acceptors (Lipinski definition) is 2. The van der Waals surface area contributed by atoms with Crippen LogP contribution in [0.3, 0.4) is 0 Å². The number of fused-ring (bicyclic) bond motifs is 1. The first kappa shape index (κ1) is 12.3. The van der Waals surface area contributed by atoms with Gasteiger partial charge in [0.1, 0.15) is 0 Å². The molecule has 4 heteroatoms. The number of hydrogen-bond donors (Lipinski definition) is 2. The van der Waals surface area contributed by atoms with Crippen LogP contribution in [-0.4, -0.2) is 31.3 Å². The molecule has 1 heterocycles.